The van der Waals surface area contributed by atoms with Gasteiger partial charge in [-0.25, -0.2) is 17.8 Å². The molecular weight excluding hydrogens is 599 g/mol. The molecule has 5 rings (SSSR count). The third-order valence-corrected chi connectivity index (χ3v) is 10.4. The van der Waals surface area contributed by atoms with Crippen molar-refractivity contribution in [3.8, 4) is 5.75 Å². The molecule has 3 atom stereocenters. The fourth-order valence-electron chi connectivity index (χ4n) is 5.83. The molecule has 3 N–H and O–H groups in total. The molecule has 1 unspecified atom stereocenters. The molecule has 45 heavy (non-hydrogen) atoms. The van der Waals surface area contributed by atoms with Gasteiger partial charge in [0, 0.05) is 23.8 Å². The Bertz CT molecular complexity index is 1870. The van der Waals surface area contributed by atoms with Gasteiger partial charge in [-0.15, -0.1) is 0 Å². The van der Waals surface area contributed by atoms with Crippen molar-refractivity contribution in [1.29, 1.82) is 0 Å². The van der Waals surface area contributed by atoms with E-state index in [2.05, 4.69) is 10.3 Å². The summed E-state index contributed by atoms with van der Waals surface area (Å²) in [5.41, 5.74) is 7.33. The monoisotopic (exact) mass is 634 g/mol. The Labute approximate surface area is 261 Å². The number of aromatic nitrogens is 1. The second-order valence-electron chi connectivity index (χ2n) is 11.1. The molecule has 236 valence electrons. The van der Waals surface area contributed by atoms with Crippen LogP contribution in [0.2, 0.25) is 0 Å². The molecule has 1 amide bonds. The maximum absolute atomic E-state index is 14.7. The molecule has 12 heteroatoms. The zero-order chi connectivity index (χ0) is 32.5. The van der Waals surface area contributed by atoms with E-state index in [-0.39, 0.29) is 23.6 Å². The summed E-state index contributed by atoms with van der Waals surface area (Å²) >= 11 is 0. The quantitative estimate of drug-likeness (QED) is 0.242. The number of methoxy groups -OCH3 is 2. The highest BCUT2D eigenvalue weighted by Gasteiger charge is 2.46. The zero-order valence-electron chi connectivity index (χ0n) is 25.4. The van der Waals surface area contributed by atoms with Gasteiger partial charge in [-0.2, -0.15) is 0 Å². The molecule has 0 bridgehead atoms. The molecule has 1 aliphatic heterocycles. The summed E-state index contributed by atoms with van der Waals surface area (Å²) in [5.74, 6) is -2.12. The van der Waals surface area contributed by atoms with Crippen LogP contribution in [-0.4, -0.2) is 56.2 Å². The number of amides is 1. The van der Waals surface area contributed by atoms with Crippen LogP contribution in [0.3, 0.4) is 0 Å². The number of fused-ring (bicyclic) bond motifs is 1. The minimum atomic E-state index is -3.79. The van der Waals surface area contributed by atoms with Gasteiger partial charge >= 0.3 is 5.97 Å². The maximum Gasteiger partial charge on any atom is 0.311 e. The van der Waals surface area contributed by atoms with Gasteiger partial charge in [0.2, 0.25) is 5.91 Å². The number of nitrogen functional groups attached to an aromatic ring is 1. The number of nitrogens with two attached hydrogens (primary N) is 1. The average molecular weight is 635 g/mol. The van der Waals surface area contributed by atoms with E-state index in [1.165, 1.54) is 43.4 Å². The summed E-state index contributed by atoms with van der Waals surface area (Å²) in [6.07, 6.45) is 1.83. The van der Waals surface area contributed by atoms with Crippen molar-refractivity contribution in [2.75, 3.05) is 31.8 Å². The Morgan fingerprint density at radius 3 is 2.53 bits per heavy atom. The molecule has 3 aromatic carbocycles. The highest BCUT2D eigenvalue weighted by molar-refractivity contribution is 7.92. The first-order valence-corrected chi connectivity index (χ1v) is 16.0. The molecule has 1 aromatic heterocycles. The van der Waals surface area contributed by atoms with Gasteiger partial charge in [-0.05, 0) is 79.2 Å². The van der Waals surface area contributed by atoms with Crippen molar-refractivity contribution < 1.29 is 31.9 Å². The average Bonchev–Trinajstić information content (AvgIpc) is 3.48. The van der Waals surface area contributed by atoms with E-state index in [9.17, 15) is 22.4 Å². The molecule has 10 nitrogen and oxygen atoms in total. The van der Waals surface area contributed by atoms with Crippen LogP contribution in [0.15, 0.2) is 77.8 Å². The summed E-state index contributed by atoms with van der Waals surface area (Å²) in [6, 6.07) is 15.7. The van der Waals surface area contributed by atoms with E-state index < -0.39 is 50.8 Å². The summed E-state index contributed by atoms with van der Waals surface area (Å²) in [7, 11) is -1.20. The summed E-state index contributed by atoms with van der Waals surface area (Å²) in [6.45, 7) is 3.31. The number of sulfone groups is 1. The summed E-state index contributed by atoms with van der Waals surface area (Å²) in [4.78, 5) is 33.4. The third-order valence-electron chi connectivity index (χ3n) is 8.21. The molecule has 0 spiro atoms. The number of benzene rings is 3. The number of pyridine rings is 1. The molecule has 0 radical (unpaired) electrons. The topological polar surface area (TPSA) is 141 Å². The SMILES string of the molecule is COC(=O)[C@@H]1CCN(C(=O)C(Nc2ccc3c(N)nccc3c2)c2ccc(F)c(OC)c2)[C@@H]1c1ccccc1S(=O)(=O)C(C)C. The number of nitrogens with one attached hydrogen (secondary N) is 1. The number of halogens is 1. The largest absolute Gasteiger partial charge is 0.494 e. The number of nitrogens with zero attached hydrogens (tertiary/aromatic N) is 2. The standard InChI is InChI=1S/C33H35FN4O6S/c1-19(2)45(41,42)28-8-6-5-7-24(28)30-25(33(40)44-4)14-16-38(30)32(39)29(21-9-12-26(34)27(18-21)43-3)37-22-10-11-23-20(17-22)13-15-36-31(23)35/h5-13,15,17-19,25,29-30,37H,14,16H2,1-4H3,(H2,35,36)/t25-,29?,30-/m1/s1. The molecule has 1 fully saturated rings. The van der Waals surface area contributed by atoms with E-state index in [0.717, 1.165) is 10.8 Å². The molecular formula is C33H35FN4O6S. The second kappa shape index (κ2) is 12.7. The lowest BCUT2D eigenvalue weighted by atomic mass is 9.93. The highest BCUT2D eigenvalue weighted by Crippen LogP contribution is 2.43. The van der Waals surface area contributed by atoms with Crippen molar-refractivity contribution >= 4 is 44.0 Å². The minimum Gasteiger partial charge on any atom is -0.494 e. The normalized spacial score (nSPS) is 17.3. The lowest BCUT2D eigenvalue weighted by Crippen LogP contribution is -2.40. The maximum atomic E-state index is 14.7. The number of ether oxygens (including phenoxy) is 2. The van der Waals surface area contributed by atoms with E-state index in [1.54, 1.807) is 56.4 Å². The number of carbonyl (C=O) groups is 2. The minimum absolute atomic E-state index is 0.0484. The lowest BCUT2D eigenvalue weighted by molar-refractivity contribution is -0.147. The van der Waals surface area contributed by atoms with Gasteiger partial charge in [0.25, 0.3) is 0 Å². The Balaban J connectivity index is 1.64. The van der Waals surface area contributed by atoms with Gasteiger partial charge in [0.05, 0.1) is 36.3 Å². The fraction of sp³-hybridized carbons (Fsp3) is 0.303. The van der Waals surface area contributed by atoms with Crippen LogP contribution in [0, 0.1) is 11.7 Å². The lowest BCUT2D eigenvalue weighted by Gasteiger charge is -2.33. The van der Waals surface area contributed by atoms with E-state index in [4.69, 9.17) is 15.2 Å². The van der Waals surface area contributed by atoms with Gasteiger partial charge < -0.3 is 25.4 Å². The number of anilines is 2. The smallest absolute Gasteiger partial charge is 0.311 e. The Morgan fingerprint density at radius 2 is 1.82 bits per heavy atom. The Morgan fingerprint density at radius 1 is 1.07 bits per heavy atom. The van der Waals surface area contributed by atoms with Crippen LogP contribution in [0.1, 0.15) is 43.5 Å². The van der Waals surface area contributed by atoms with Gasteiger partial charge in [0.1, 0.15) is 11.9 Å². The van der Waals surface area contributed by atoms with E-state index in [0.29, 0.717) is 22.6 Å². The third kappa shape index (κ3) is 6.02. The van der Waals surface area contributed by atoms with E-state index >= 15 is 0 Å². The van der Waals surface area contributed by atoms with Crippen LogP contribution in [-0.2, 0) is 24.2 Å². The van der Waals surface area contributed by atoms with Crippen LogP contribution in [0.25, 0.3) is 10.8 Å². The summed E-state index contributed by atoms with van der Waals surface area (Å²) < 4.78 is 51.7. The molecule has 2 heterocycles. The van der Waals surface area contributed by atoms with Crippen LogP contribution < -0.4 is 15.8 Å². The molecule has 0 aliphatic carbocycles. The second-order valence-corrected chi connectivity index (χ2v) is 13.6. The molecule has 1 saturated heterocycles. The number of carbonyl (C=O) groups excluding carboxylic acids is 2. The van der Waals surface area contributed by atoms with Crippen molar-refractivity contribution in [2.24, 2.45) is 5.92 Å². The first-order valence-electron chi connectivity index (χ1n) is 14.4. The fourth-order valence-corrected chi connectivity index (χ4v) is 7.12. The van der Waals surface area contributed by atoms with Crippen LogP contribution in [0.5, 0.6) is 5.75 Å². The van der Waals surface area contributed by atoms with Crippen molar-refractivity contribution in [1.82, 2.24) is 9.88 Å². The van der Waals surface area contributed by atoms with Crippen LogP contribution >= 0.6 is 0 Å². The Hall–Kier alpha value is -4.71. The van der Waals surface area contributed by atoms with Crippen molar-refractivity contribution in [3.05, 3.63) is 89.9 Å². The predicted molar refractivity (Wildman–Crippen MR) is 169 cm³/mol. The van der Waals surface area contributed by atoms with Crippen molar-refractivity contribution in [3.63, 3.8) is 0 Å². The predicted octanol–water partition coefficient (Wildman–Crippen LogP) is 5.06. The summed E-state index contributed by atoms with van der Waals surface area (Å²) in [5, 5.41) is 4.06. The molecule has 0 saturated carbocycles. The first-order chi connectivity index (χ1) is 21.5. The number of esters is 1. The van der Waals surface area contributed by atoms with E-state index in [1.807, 2.05) is 6.07 Å². The van der Waals surface area contributed by atoms with Gasteiger partial charge in [-0.1, -0.05) is 24.3 Å². The zero-order valence-corrected chi connectivity index (χ0v) is 26.2. The molecule has 4 aromatic rings. The van der Waals surface area contributed by atoms with Crippen LogP contribution in [0.4, 0.5) is 15.9 Å². The van der Waals surface area contributed by atoms with Gasteiger partial charge in [-0.3, -0.25) is 9.59 Å². The highest BCUT2D eigenvalue weighted by atomic mass is 32.2. The number of rotatable bonds is 9. The Kier molecular flexibility index (Phi) is 8.96. The molecule has 1 aliphatic rings. The van der Waals surface area contributed by atoms with Gasteiger partial charge in [0.15, 0.2) is 21.4 Å². The number of hydrogen-bond acceptors (Lipinski definition) is 9. The number of likely N-dealkylation sites (tertiary alicyclic amines) is 1. The number of hydrogen-bond donors (Lipinski definition) is 2. The van der Waals surface area contributed by atoms with Crippen molar-refractivity contribution in [2.45, 2.75) is 42.5 Å². The first kappa shape index (κ1) is 31.7.